The molecule has 1 N–H and O–H groups in total. The molecule has 0 radical (unpaired) electrons. The molecule has 2 aromatic rings. The van der Waals surface area contributed by atoms with Crippen molar-refractivity contribution in [2.24, 2.45) is 0 Å². The van der Waals surface area contributed by atoms with E-state index in [0.717, 1.165) is 5.06 Å². The largest absolute Gasteiger partial charge is 0.448 e. The van der Waals surface area contributed by atoms with Crippen molar-refractivity contribution in [2.45, 2.75) is 32.9 Å². The van der Waals surface area contributed by atoms with E-state index >= 15 is 0 Å². The van der Waals surface area contributed by atoms with Gasteiger partial charge in [-0.1, -0.05) is 5.06 Å². The van der Waals surface area contributed by atoms with Crippen LogP contribution in [0.2, 0.25) is 0 Å². The SMILES string of the molecule is CN(C)Cc1ccncc1N(OC(=O)Nc1cnccc1C=O)C(=O)OC(C)(C)C. The van der Waals surface area contributed by atoms with Gasteiger partial charge in [0.1, 0.15) is 11.3 Å². The minimum atomic E-state index is -1.00. The number of carbonyl (C=O) groups excluding carboxylic acids is 3. The summed E-state index contributed by atoms with van der Waals surface area (Å²) >= 11 is 0. The molecule has 0 unspecified atom stereocenters. The fourth-order valence-corrected chi connectivity index (χ4v) is 2.39. The lowest BCUT2D eigenvalue weighted by atomic mass is 10.2. The van der Waals surface area contributed by atoms with E-state index in [4.69, 9.17) is 9.57 Å². The number of nitrogens with one attached hydrogen (secondary N) is 1. The maximum Gasteiger partial charge on any atom is 0.448 e. The van der Waals surface area contributed by atoms with E-state index in [-0.39, 0.29) is 16.9 Å². The molecule has 0 aliphatic carbocycles. The first-order chi connectivity index (χ1) is 14.1. The van der Waals surface area contributed by atoms with E-state index < -0.39 is 17.8 Å². The van der Waals surface area contributed by atoms with Crippen molar-refractivity contribution in [3.05, 3.63) is 48.0 Å². The van der Waals surface area contributed by atoms with Crippen LogP contribution in [0, 0.1) is 0 Å². The summed E-state index contributed by atoms with van der Waals surface area (Å²) in [5.74, 6) is 0. The average Bonchev–Trinajstić information content (AvgIpc) is 2.65. The Hall–Kier alpha value is -3.53. The third-order valence-electron chi connectivity index (χ3n) is 3.54. The summed E-state index contributed by atoms with van der Waals surface area (Å²) in [6, 6.07) is 3.14. The van der Waals surface area contributed by atoms with Crippen LogP contribution in [-0.2, 0) is 16.1 Å². The molecule has 0 saturated carbocycles. The predicted octanol–water partition coefficient (Wildman–Crippen LogP) is 3.26. The van der Waals surface area contributed by atoms with Gasteiger partial charge >= 0.3 is 12.2 Å². The minimum Gasteiger partial charge on any atom is -0.441 e. The molecule has 10 heteroatoms. The number of aromatic nitrogens is 2. The Morgan fingerprint density at radius 3 is 2.43 bits per heavy atom. The van der Waals surface area contributed by atoms with E-state index in [2.05, 4.69) is 15.3 Å². The van der Waals surface area contributed by atoms with Crippen molar-refractivity contribution >= 4 is 29.8 Å². The lowest BCUT2D eigenvalue weighted by Gasteiger charge is -2.27. The average molecular weight is 415 g/mol. The standard InChI is InChI=1S/C20H25N5O5/c1-20(2,3)29-19(28)25(17-11-22-8-6-14(17)12-24(4)5)30-18(27)23-16-10-21-9-7-15(16)13-26/h6-11,13H,12H2,1-5H3,(H,23,27). The molecule has 0 aromatic carbocycles. The zero-order valence-corrected chi connectivity index (χ0v) is 17.6. The van der Waals surface area contributed by atoms with E-state index in [1.165, 1.54) is 24.7 Å². The third kappa shape index (κ3) is 6.52. The first-order valence-electron chi connectivity index (χ1n) is 9.09. The Balaban J connectivity index is 2.34. The van der Waals surface area contributed by atoms with Crippen LogP contribution in [0.5, 0.6) is 0 Å². The van der Waals surface area contributed by atoms with Gasteiger partial charge in [0.05, 0.1) is 18.1 Å². The summed E-state index contributed by atoms with van der Waals surface area (Å²) in [6.07, 6.45) is 4.35. The Morgan fingerprint density at radius 1 is 1.13 bits per heavy atom. The maximum atomic E-state index is 12.8. The fourth-order valence-electron chi connectivity index (χ4n) is 2.39. The predicted molar refractivity (Wildman–Crippen MR) is 110 cm³/mol. The lowest BCUT2D eigenvalue weighted by Crippen LogP contribution is -2.40. The van der Waals surface area contributed by atoms with Gasteiger partial charge < -0.3 is 14.5 Å². The molecule has 2 amide bonds. The van der Waals surface area contributed by atoms with Gasteiger partial charge in [-0.2, -0.15) is 0 Å². The van der Waals surface area contributed by atoms with Gasteiger partial charge in [0.25, 0.3) is 0 Å². The quantitative estimate of drug-likeness (QED) is 0.585. The molecule has 0 saturated heterocycles. The van der Waals surface area contributed by atoms with Crippen LogP contribution in [0.4, 0.5) is 21.0 Å². The molecular weight excluding hydrogens is 390 g/mol. The van der Waals surface area contributed by atoms with E-state index in [0.29, 0.717) is 18.4 Å². The molecular formula is C20H25N5O5. The van der Waals surface area contributed by atoms with Crippen LogP contribution in [0.1, 0.15) is 36.7 Å². The molecule has 2 aromatic heterocycles. The highest BCUT2D eigenvalue weighted by atomic mass is 16.8. The van der Waals surface area contributed by atoms with Crippen LogP contribution in [0.15, 0.2) is 36.9 Å². The number of pyridine rings is 2. The number of rotatable bonds is 5. The van der Waals surface area contributed by atoms with Crippen molar-refractivity contribution in [1.82, 2.24) is 14.9 Å². The van der Waals surface area contributed by atoms with E-state index in [1.54, 1.807) is 33.0 Å². The summed E-state index contributed by atoms with van der Waals surface area (Å²) < 4.78 is 5.38. The minimum absolute atomic E-state index is 0.140. The van der Waals surface area contributed by atoms with Crippen LogP contribution in [0.3, 0.4) is 0 Å². The number of anilines is 2. The highest BCUT2D eigenvalue weighted by Crippen LogP contribution is 2.24. The second-order valence-electron chi connectivity index (χ2n) is 7.60. The molecule has 0 bridgehead atoms. The third-order valence-corrected chi connectivity index (χ3v) is 3.54. The zero-order chi connectivity index (χ0) is 22.3. The summed E-state index contributed by atoms with van der Waals surface area (Å²) in [5.41, 5.74) is 0.454. The van der Waals surface area contributed by atoms with E-state index in [9.17, 15) is 14.4 Å². The molecule has 0 aliphatic heterocycles. The molecule has 2 heterocycles. The highest BCUT2D eigenvalue weighted by molar-refractivity contribution is 5.95. The second-order valence-corrected chi connectivity index (χ2v) is 7.60. The summed E-state index contributed by atoms with van der Waals surface area (Å²) in [4.78, 5) is 51.5. The summed E-state index contributed by atoms with van der Waals surface area (Å²) in [6.45, 7) is 5.54. The Morgan fingerprint density at radius 2 is 1.80 bits per heavy atom. The molecule has 0 atom stereocenters. The van der Waals surface area contributed by atoms with Gasteiger partial charge in [-0.25, -0.2) is 9.59 Å². The van der Waals surface area contributed by atoms with Gasteiger partial charge in [0, 0.05) is 24.5 Å². The molecule has 2 rings (SSSR count). The van der Waals surface area contributed by atoms with E-state index in [1.807, 2.05) is 19.0 Å². The number of amides is 2. The van der Waals surface area contributed by atoms with Gasteiger partial charge in [-0.05, 0) is 52.6 Å². The fraction of sp³-hybridized carbons (Fsp3) is 0.350. The molecule has 30 heavy (non-hydrogen) atoms. The van der Waals surface area contributed by atoms with Gasteiger partial charge in [0.2, 0.25) is 0 Å². The normalized spacial score (nSPS) is 11.0. The Kier molecular flexibility index (Phi) is 7.43. The molecule has 0 spiro atoms. The molecule has 0 fully saturated rings. The smallest absolute Gasteiger partial charge is 0.441 e. The Labute approximate surface area is 174 Å². The van der Waals surface area contributed by atoms with Gasteiger partial charge in [0.15, 0.2) is 6.29 Å². The maximum absolute atomic E-state index is 12.8. The lowest BCUT2D eigenvalue weighted by molar-refractivity contribution is 0.0369. The van der Waals surface area contributed by atoms with Crippen LogP contribution in [0.25, 0.3) is 0 Å². The Bertz CT molecular complexity index is 910. The molecule has 0 aliphatic rings. The summed E-state index contributed by atoms with van der Waals surface area (Å²) in [7, 11) is 3.72. The first kappa shape index (κ1) is 22.8. The second kappa shape index (κ2) is 9.79. The number of hydrogen-bond acceptors (Lipinski definition) is 8. The van der Waals surface area contributed by atoms with Crippen molar-refractivity contribution in [1.29, 1.82) is 0 Å². The van der Waals surface area contributed by atoms with Crippen molar-refractivity contribution < 1.29 is 24.0 Å². The number of aldehydes is 1. The molecule has 10 nitrogen and oxygen atoms in total. The monoisotopic (exact) mass is 415 g/mol. The number of carbonyl (C=O) groups is 3. The number of hydrogen-bond donors (Lipinski definition) is 1. The molecule has 160 valence electrons. The van der Waals surface area contributed by atoms with Gasteiger partial charge in [-0.15, -0.1) is 0 Å². The van der Waals surface area contributed by atoms with Crippen LogP contribution >= 0.6 is 0 Å². The van der Waals surface area contributed by atoms with Crippen LogP contribution < -0.4 is 10.4 Å². The topological polar surface area (TPSA) is 114 Å². The number of nitrogens with zero attached hydrogens (tertiary/aromatic N) is 4. The van der Waals surface area contributed by atoms with Crippen molar-refractivity contribution in [3.8, 4) is 0 Å². The first-order valence-corrected chi connectivity index (χ1v) is 9.09. The van der Waals surface area contributed by atoms with Crippen molar-refractivity contribution in [2.75, 3.05) is 24.5 Å². The van der Waals surface area contributed by atoms with Crippen LogP contribution in [-0.4, -0.2) is 53.0 Å². The zero-order valence-electron chi connectivity index (χ0n) is 17.6. The summed E-state index contributed by atoms with van der Waals surface area (Å²) in [5, 5.41) is 3.14. The highest BCUT2D eigenvalue weighted by Gasteiger charge is 2.29. The number of ether oxygens (including phenoxy) is 1. The van der Waals surface area contributed by atoms with Crippen molar-refractivity contribution in [3.63, 3.8) is 0 Å². The van der Waals surface area contributed by atoms with Gasteiger partial charge in [-0.3, -0.25) is 20.1 Å². The number of hydroxylamine groups is 1.